The van der Waals surface area contributed by atoms with E-state index in [1.54, 1.807) is 7.05 Å². The van der Waals surface area contributed by atoms with Crippen molar-refractivity contribution in [2.75, 3.05) is 20.6 Å². The van der Waals surface area contributed by atoms with Gasteiger partial charge in [0.15, 0.2) is 6.29 Å². The van der Waals surface area contributed by atoms with Gasteiger partial charge in [-0.25, -0.2) is 9.87 Å². The molecule has 2 aromatic carbocycles. The first-order valence-electron chi connectivity index (χ1n) is 8.49. The van der Waals surface area contributed by atoms with Crippen molar-refractivity contribution in [1.82, 2.24) is 15.8 Å². The number of halogens is 1. The minimum absolute atomic E-state index is 0.368. The second-order valence-electron chi connectivity index (χ2n) is 6.06. The molecule has 136 valence electrons. The van der Waals surface area contributed by atoms with Gasteiger partial charge in [0.1, 0.15) is 5.82 Å². The summed E-state index contributed by atoms with van der Waals surface area (Å²) in [5, 5.41) is 3.92. The maximum atomic E-state index is 13.8. The van der Waals surface area contributed by atoms with Crippen LogP contribution in [0.5, 0.6) is 0 Å². The van der Waals surface area contributed by atoms with Gasteiger partial charge >= 0.3 is 0 Å². The van der Waals surface area contributed by atoms with Crippen molar-refractivity contribution in [3.63, 3.8) is 0 Å². The Balaban J connectivity index is 2.10. The van der Waals surface area contributed by atoms with Crippen LogP contribution >= 0.6 is 0 Å². The molecule has 0 amide bonds. The molecule has 0 unspecified atom stereocenters. The van der Waals surface area contributed by atoms with Crippen molar-refractivity contribution < 1.29 is 14.0 Å². The summed E-state index contributed by atoms with van der Waals surface area (Å²) in [6, 6.07) is 10.7. The number of aldehydes is 1. The Hall–Kier alpha value is -2.54. The SMILES string of the molecule is CNCCc1c(-c2ccc(CONC)cc2)[nH]c2cc(F)cc(C=O)c12. The summed E-state index contributed by atoms with van der Waals surface area (Å²) in [5.41, 5.74) is 7.59. The Morgan fingerprint density at radius 3 is 2.62 bits per heavy atom. The number of likely N-dealkylation sites (N-methyl/N-ethyl adjacent to an activating group) is 1. The van der Waals surface area contributed by atoms with E-state index < -0.39 is 5.82 Å². The molecule has 3 aromatic rings. The normalized spacial score (nSPS) is 11.2. The first kappa shape index (κ1) is 18.3. The van der Waals surface area contributed by atoms with Crippen molar-refractivity contribution in [2.45, 2.75) is 13.0 Å². The third kappa shape index (κ3) is 3.67. The molecule has 0 saturated carbocycles. The van der Waals surface area contributed by atoms with Crippen molar-refractivity contribution in [2.24, 2.45) is 0 Å². The van der Waals surface area contributed by atoms with Gasteiger partial charge < -0.3 is 10.3 Å². The minimum atomic E-state index is -0.424. The predicted molar refractivity (Wildman–Crippen MR) is 101 cm³/mol. The highest BCUT2D eigenvalue weighted by atomic mass is 19.1. The van der Waals surface area contributed by atoms with E-state index in [4.69, 9.17) is 4.84 Å². The maximum Gasteiger partial charge on any atom is 0.150 e. The Morgan fingerprint density at radius 1 is 1.19 bits per heavy atom. The number of aromatic nitrogens is 1. The van der Waals surface area contributed by atoms with E-state index in [9.17, 15) is 9.18 Å². The zero-order chi connectivity index (χ0) is 18.5. The van der Waals surface area contributed by atoms with Crippen LogP contribution in [0.15, 0.2) is 36.4 Å². The molecule has 0 fully saturated rings. The Bertz CT molecular complexity index is 904. The zero-order valence-electron chi connectivity index (χ0n) is 14.9. The summed E-state index contributed by atoms with van der Waals surface area (Å²) in [4.78, 5) is 20.0. The smallest absolute Gasteiger partial charge is 0.150 e. The summed E-state index contributed by atoms with van der Waals surface area (Å²) in [7, 11) is 3.60. The van der Waals surface area contributed by atoms with E-state index in [-0.39, 0.29) is 0 Å². The summed E-state index contributed by atoms with van der Waals surface area (Å²) in [6.07, 6.45) is 1.44. The van der Waals surface area contributed by atoms with Gasteiger partial charge in [-0.05, 0) is 48.8 Å². The molecule has 0 radical (unpaired) electrons. The second kappa shape index (κ2) is 8.23. The maximum absolute atomic E-state index is 13.8. The third-order valence-corrected chi connectivity index (χ3v) is 4.37. The number of nitrogens with one attached hydrogen (secondary N) is 3. The lowest BCUT2D eigenvalue weighted by atomic mass is 9.99. The number of hydroxylamine groups is 1. The number of aromatic amines is 1. The summed E-state index contributed by atoms with van der Waals surface area (Å²) in [6.45, 7) is 1.22. The molecule has 0 aliphatic rings. The largest absolute Gasteiger partial charge is 0.354 e. The average Bonchev–Trinajstić information content (AvgIpc) is 3.02. The van der Waals surface area contributed by atoms with E-state index in [1.807, 2.05) is 31.3 Å². The van der Waals surface area contributed by atoms with Crippen LogP contribution in [-0.4, -0.2) is 31.9 Å². The van der Waals surface area contributed by atoms with Gasteiger partial charge in [0.25, 0.3) is 0 Å². The van der Waals surface area contributed by atoms with Gasteiger partial charge in [0.05, 0.1) is 6.61 Å². The molecular formula is C20H22FN3O2. The number of carbonyl (C=O) groups is 1. The quantitative estimate of drug-likeness (QED) is 0.429. The predicted octanol–water partition coefficient (Wildman–Crippen LogP) is 3.20. The number of hydrogen-bond donors (Lipinski definition) is 3. The van der Waals surface area contributed by atoms with Crippen LogP contribution in [0.4, 0.5) is 4.39 Å². The number of H-pyrrole nitrogens is 1. The third-order valence-electron chi connectivity index (χ3n) is 4.37. The molecule has 0 spiro atoms. The number of rotatable bonds is 8. The van der Waals surface area contributed by atoms with E-state index in [0.29, 0.717) is 24.0 Å². The molecule has 0 saturated heterocycles. The highest BCUT2D eigenvalue weighted by Crippen LogP contribution is 2.33. The number of hydrogen-bond acceptors (Lipinski definition) is 4. The highest BCUT2D eigenvalue weighted by molar-refractivity contribution is 6.02. The van der Waals surface area contributed by atoms with Crippen molar-refractivity contribution in [3.8, 4) is 11.3 Å². The number of fused-ring (bicyclic) bond motifs is 1. The van der Waals surface area contributed by atoms with Gasteiger partial charge in [0.2, 0.25) is 0 Å². The van der Waals surface area contributed by atoms with E-state index in [2.05, 4.69) is 15.8 Å². The first-order valence-corrected chi connectivity index (χ1v) is 8.49. The van der Waals surface area contributed by atoms with Gasteiger partial charge in [-0.3, -0.25) is 9.63 Å². The Labute approximate surface area is 151 Å². The molecule has 26 heavy (non-hydrogen) atoms. The molecular weight excluding hydrogens is 333 g/mol. The van der Waals surface area contributed by atoms with E-state index in [1.165, 1.54) is 12.1 Å². The van der Waals surface area contributed by atoms with E-state index in [0.717, 1.165) is 40.7 Å². The average molecular weight is 355 g/mol. The van der Waals surface area contributed by atoms with Crippen molar-refractivity contribution >= 4 is 17.2 Å². The fourth-order valence-corrected chi connectivity index (χ4v) is 3.16. The van der Waals surface area contributed by atoms with Gasteiger partial charge in [-0.15, -0.1) is 0 Å². The number of carbonyl (C=O) groups excluding carboxylic acids is 1. The van der Waals surface area contributed by atoms with Crippen LogP contribution in [0.1, 0.15) is 21.5 Å². The zero-order valence-corrected chi connectivity index (χ0v) is 14.9. The Morgan fingerprint density at radius 2 is 1.96 bits per heavy atom. The van der Waals surface area contributed by atoms with Crippen LogP contribution in [0, 0.1) is 5.82 Å². The van der Waals surface area contributed by atoms with Crippen LogP contribution in [0.25, 0.3) is 22.2 Å². The monoisotopic (exact) mass is 355 g/mol. The molecule has 1 aromatic heterocycles. The van der Waals surface area contributed by atoms with Crippen LogP contribution < -0.4 is 10.8 Å². The molecule has 3 N–H and O–H groups in total. The molecule has 0 aliphatic carbocycles. The molecule has 5 nitrogen and oxygen atoms in total. The van der Waals surface area contributed by atoms with Crippen molar-refractivity contribution in [1.29, 1.82) is 0 Å². The lowest BCUT2D eigenvalue weighted by Crippen LogP contribution is -2.10. The molecule has 0 atom stereocenters. The fraction of sp³-hybridized carbons (Fsp3) is 0.250. The van der Waals surface area contributed by atoms with Crippen molar-refractivity contribution in [3.05, 3.63) is 58.9 Å². The van der Waals surface area contributed by atoms with Gasteiger partial charge in [-0.1, -0.05) is 24.3 Å². The molecule has 0 bridgehead atoms. The Kier molecular flexibility index (Phi) is 5.78. The molecule has 1 heterocycles. The summed E-state index contributed by atoms with van der Waals surface area (Å²) >= 11 is 0. The standard InChI is InChI=1S/C20H22FN3O2/c1-22-8-7-17-19-15(11-25)9-16(21)10-18(19)24-20(17)14-5-3-13(4-6-14)12-26-23-2/h3-6,9-11,22-24H,7-8,12H2,1-2H3. The highest BCUT2D eigenvalue weighted by Gasteiger charge is 2.17. The lowest BCUT2D eigenvalue weighted by Gasteiger charge is -2.07. The van der Waals surface area contributed by atoms with Crippen LogP contribution in [0.2, 0.25) is 0 Å². The first-order chi connectivity index (χ1) is 12.7. The second-order valence-corrected chi connectivity index (χ2v) is 6.06. The fourth-order valence-electron chi connectivity index (χ4n) is 3.16. The lowest BCUT2D eigenvalue weighted by molar-refractivity contribution is 0.0444. The summed E-state index contributed by atoms with van der Waals surface area (Å²) < 4.78 is 13.8. The van der Waals surface area contributed by atoms with E-state index >= 15 is 0 Å². The van der Waals surface area contributed by atoms with Crippen LogP contribution in [-0.2, 0) is 17.9 Å². The topological polar surface area (TPSA) is 66.2 Å². The minimum Gasteiger partial charge on any atom is -0.354 e. The number of benzene rings is 2. The van der Waals surface area contributed by atoms with Gasteiger partial charge in [-0.2, -0.15) is 0 Å². The van der Waals surface area contributed by atoms with Crippen LogP contribution in [0.3, 0.4) is 0 Å². The molecule has 0 aliphatic heterocycles. The molecule has 6 heteroatoms. The summed E-state index contributed by atoms with van der Waals surface area (Å²) in [5.74, 6) is -0.424. The van der Waals surface area contributed by atoms with Gasteiger partial charge in [0, 0.05) is 29.2 Å². The molecule has 3 rings (SSSR count).